The van der Waals surface area contributed by atoms with E-state index in [0.29, 0.717) is 0 Å². The lowest BCUT2D eigenvalue weighted by molar-refractivity contribution is 0.382. The van der Waals surface area contributed by atoms with Gasteiger partial charge < -0.3 is 5.32 Å². The highest BCUT2D eigenvalue weighted by Crippen LogP contribution is 2.33. The van der Waals surface area contributed by atoms with Crippen LogP contribution in [0.3, 0.4) is 0 Å². The molecule has 0 bridgehead atoms. The van der Waals surface area contributed by atoms with E-state index in [1.807, 2.05) is 26.0 Å². The first-order chi connectivity index (χ1) is 8.27. The Morgan fingerprint density at radius 1 is 1.18 bits per heavy atom. The standard InChI is InChI=1S/C12H13BrN2.C2H6/c13-11-3-1-10(2-4-11)12(9-14)5-7-15-8-6-12;1-2/h1-4,15H,5-8H2;1-2H3. The summed E-state index contributed by atoms with van der Waals surface area (Å²) < 4.78 is 1.06. The molecule has 0 saturated carbocycles. The van der Waals surface area contributed by atoms with Crippen LogP contribution >= 0.6 is 15.9 Å². The van der Waals surface area contributed by atoms with E-state index >= 15 is 0 Å². The van der Waals surface area contributed by atoms with Crippen LogP contribution in [0.15, 0.2) is 28.7 Å². The molecule has 2 nitrogen and oxygen atoms in total. The lowest BCUT2D eigenvalue weighted by atomic mass is 9.74. The Morgan fingerprint density at radius 3 is 2.18 bits per heavy atom. The maximum atomic E-state index is 9.37. The van der Waals surface area contributed by atoms with Gasteiger partial charge in [-0.15, -0.1) is 0 Å². The molecule has 1 heterocycles. The highest BCUT2D eigenvalue weighted by Gasteiger charge is 2.33. The van der Waals surface area contributed by atoms with Gasteiger partial charge in [0.1, 0.15) is 0 Å². The summed E-state index contributed by atoms with van der Waals surface area (Å²) in [6.07, 6.45) is 1.82. The van der Waals surface area contributed by atoms with Crippen molar-refractivity contribution >= 4 is 15.9 Å². The van der Waals surface area contributed by atoms with Crippen LogP contribution in [0.2, 0.25) is 0 Å². The molecule has 1 aliphatic heterocycles. The van der Waals surface area contributed by atoms with E-state index in [1.165, 1.54) is 0 Å². The van der Waals surface area contributed by atoms with E-state index in [9.17, 15) is 5.26 Å². The van der Waals surface area contributed by atoms with Crippen molar-refractivity contribution in [3.05, 3.63) is 34.3 Å². The second-order valence-corrected chi connectivity index (χ2v) is 4.87. The Labute approximate surface area is 112 Å². The van der Waals surface area contributed by atoms with E-state index in [4.69, 9.17) is 0 Å². The topological polar surface area (TPSA) is 35.8 Å². The molecule has 17 heavy (non-hydrogen) atoms. The maximum Gasteiger partial charge on any atom is 0.0846 e. The lowest BCUT2D eigenvalue weighted by Crippen LogP contribution is -2.38. The molecule has 2 rings (SSSR count). The average molecular weight is 295 g/mol. The number of hydrogen-bond acceptors (Lipinski definition) is 2. The largest absolute Gasteiger partial charge is 0.317 e. The number of rotatable bonds is 1. The first kappa shape index (κ1) is 14.2. The lowest BCUT2D eigenvalue weighted by Gasteiger charge is -2.31. The molecular formula is C14H19BrN2. The molecule has 1 fully saturated rings. The smallest absolute Gasteiger partial charge is 0.0846 e. The number of nitrogens with one attached hydrogen (secondary N) is 1. The molecule has 1 aromatic carbocycles. The third-order valence-electron chi connectivity index (χ3n) is 3.07. The summed E-state index contributed by atoms with van der Waals surface area (Å²) in [5.41, 5.74) is 0.876. The summed E-state index contributed by atoms with van der Waals surface area (Å²) in [5.74, 6) is 0. The van der Waals surface area contributed by atoms with Crippen molar-refractivity contribution in [2.75, 3.05) is 13.1 Å². The third-order valence-corrected chi connectivity index (χ3v) is 3.60. The number of piperidine rings is 1. The van der Waals surface area contributed by atoms with Gasteiger partial charge in [0.15, 0.2) is 0 Å². The van der Waals surface area contributed by atoms with Crippen LogP contribution in [0, 0.1) is 11.3 Å². The summed E-state index contributed by atoms with van der Waals surface area (Å²) in [6.45, 7) is 5.87. The summed E-state index contributed by atoms with van der Waals surface area (Å²) in [7, 11) is 0. The zero-order valence-electron chi connectivity index (χ0n) is 10.5. The summed E-state index contributed by atoms with van der Waals surface area (Å²) in [6, 6.07) is 10.6. The van der Waals surface area contributed by atoms with Crippen LogP contribution < -0.4 is 5.32 Å². The van der Waals surface area contributed by atoms with Gasteiger partial charge in [-0.1, -0.05) is 41.9 Å². The second-order valence-electron chi connectivity index (χ2n) is 3.95. The van der Waals surface area contributed by atoms with Gasteiger partial charge in [-0.25, -0.2) is 0 Å². The van der Waals surface area contributed by atoms with Gasteiger partial charge in [-0.3, -0.25) is 0 Å². The Balaban J connectivity index is 0.000000686. The molecule has 1 aliphatic rings. The highest BCUT2D eigenvalue weighted by atomic mass is 79.9. The van der Waals surface area contributed by atoms with Crippen molar-refractivity contribution in [1.82, 2.24) is 5.32 Å². The SMILES string of the molecule is CC.N#CC1(c2ccc(Br)cc2)CCNCC1. The number of nitriles is 1. The zero-order chi connectivity index (χ0) is 12.7. The van der Waals surface area contributed by atoms with Gasteiger partial charge in [-0.2, -0.15) is 5.26 Å². The maximum absolute atomic E-state index is 9.37. The number of hydrogen-bond donors (Lipinski definition) is 1. The normalized spacial score (nSPS) is 17.5. The third kappa shape index (κ3) is 3.31. The Bertz CT molecular complexity index is 372. The molecule has 0 spiro atoms. The van der Waals surface area contributed by atoms with E-state index in [-0.39, 0.29) is 5.41 Å². The minimum atomic E-state index is -0.272. The van der Waals surface area contributed by atoms with E-state index in [0.717, 1.165) is 36.0 Å². The Hall–Kier alpha value is -0.850. The van der Waals surface area contributed by atoms with E-state index in [2.05, 4.69) is 39.4 Å². The first-order valence-electron chi connectivity index (χ1n) is 6.15. The van der Waals surface area contributed by atoms with Crippen molar-refractivity contribution in [1.29, 1.82) is 5.26 Å². The molecule has 0 amide bonds. The zero-order valence-corrected chi connectivity index (χ0v) is 12.0. The van der Waals surface area contributed by atoms with Gasteiger partial charge in [-0.05, 0) is 43.6 Å². The second kappa shape index (κ2) is 6.78. The van der Waals surface area contributed by atoms with E-state index < -0.39 is 0 Å². The van der Waals surface area contributed by atoms with Crippen molar-refractivity contribution in [3.8, 4) is 6.07 Å². The molecule has 0 unspecified atom stereocenters. The van der Waals surface area contributed by atoms with Crippen LogP contribution in [-0.2, 0) is 5.41 Å². The van der Waals surface area contributed by atoms with Crippen LogP contribution in [0.25, 0.3) is 0 Å². The van der Waals surface area contributed by atoms with Gasteiger partial charge in [0.05, 0.1) is 11.5 Å². The van der Waals surface area contributed by atoms with Gasteiger partial charge in [0, 0.05) is 4.47 Å². The van der Waals surface area contributed by atoms with Crippen LogP contribution in [-0.4, -0.2) is 13.1 Å². The molecule has 1 saturated heterocycles. The van der Waals surface area contributed by atoms with Crippen molar-refractivity contribution < 1.29 is 0 Å². The highest BCUT2D eigenvalue weighted by molar-refractivity contribution is 9.10. The fraction of sp³-hybridized carbons (Fsp3) is 0.500. The molecule has 0 radical (unpaired) electrons. The Kier molecular flexibility index (Phi) is 5.67. The predicted molar refractivity (Wildman–Crippen MR) is 74.9 cm³/mol. The molecule has 1 N–H and O–H groups in total. The fourth-order valence-electron chi connectivity index (χ4n) is 2.09. The van der Waals surface area contributed by atoms with Gasteiger partial charge >= 0.3 is 0 Å². The molecule has 0 aliphatic carbocycles. The number of halogens is 1. The molecular weight excluding hydrogens is 276 g/mol. The van der Waals surface area contributed by atoms with Crippen molar-refractivity contribution in [2.45, 2.75) is 32.1 Å². The minimum Gasteiger partial charge on any atom is -0.317 e. The van der Waals surface area contributed by atoms with Crippen LogP contribution in [0.1, 0.15) is 32.3 Å². The molecule has 0 aromatic heterocycles. The first-order valence-corrected chi connectivity index (χ1v) is 6.94. The number of benzene rings is 1. The average Bonchev–Trinajstić information content (AvgIpc) is 2.42. The fourth-order valence-corrected chi connectivity index (χ4v) is 2.35. The van der Waals surface area contributed by atoms with Crippen LogP contribution in [0.5, 0.6) is 0 Å². The molecule has 92 valence electrons. The molecule has 1 aromatic rings. The summed E-state index contributed by atoms with van der Waals surface area (Å²) in [5, 5.41) is 12.7. The molecule has 0 atom stereocenters. The molecule has 3 heteroatoms. The van der Waals surface area contributed by atoms with E-state index in [1.54, 1.807) is 0 Å². The minimum absolute atomic E-state index is 0.272. The predicted octanol–water partition coefficient (Wildman–Crippen LogP) is 3.62. The van der Waals surface area contributed by atoms with Crippen LogP contribution in [0.4, 0.5) is 0 Å². The van der Waals surface area contributed by atoms with Crippen molar-refractivity contribution in [2.24, 2.45) is 0 Å². The van der Waals surface area contributed by atoms with Gasteiger partial charge in [0.25, 0.3) is 0 Å². The monoisotopic (exact) mass is 294 g/mol. The number of nitrogens with zero attached hydrogens (tertiary/aromatic N) is 1. The summed E-state index contributed by atoms with van der Waals surface area (Å²) >= 11 is 3.41. The van der Waals surface area contributed by atoms with Crippen molar-refractivity contribution in [3.63, 3.8) is 0 Å². The Morgan fingerprint density at radius 2 is 1.71 bits per heavy atom. The quantitative estimate of drug-likeness (QED) is 0.859. The van der Waals surface area contributed by atoms with Gasteiger partial charge in [0.2, 0.25) is 0 Å². The summed E-state index contributed by atoms with van der Waals surface area (Å²) in [4.78, 5) is 0.